The minimum Gasteiger partial charge on any atom is -0.497 e. The molecule has 1 aromatic carbocycles. The third kappa shape index (κ3) is 4.10. The monoisotopic (exact) mass is 449 g/mol. The number of nitrogens with one attached hydrogen (secondary N) is 2. The number of aromatic carboxylic acids is 1. The highest BCUT2D eigenvalue weighted by Crippen LogP contribution is 2.42. The molecule has 3 heterocycles. The number of Topliss-reactive ketones (excluding diaryl/α,β-unsaturated/α-hetero) is 2. The number of carbonyl (C=O) groups excluding carboxylic acids is 2. The maximum absolute atomic E-state index is 13.5. The van der Waals surface area contributed by atoms with Crippen LogP contribution in [0.5, 0.6) is 5.75 Å². The van der Waals surface area contributed by atoms with E-state index in [0.29, 0.717) is 28.5 Å². The average molecular weight is 449 g/mol. The largest absolute Gasteiger partial charge is 0.497 e. The third-order valence-corrected chi connectivity index (χ3v) is 5.72. The van der Waals surface area contributed by atoms with E-state index in [2.05, 4.69) is 15.3 Å². The highest BCUT2D eigenvalue weighted by molar-refractivity contribution is 6.22. The Morgan fingerprint density at radius 1 is 1.12 bits per heavy atom. The van der Waals surface area contributed by atoms with Crippen molar-refractivity contribution in [2.75, 3.05) is 20.8 Å². The molecule has 0 saturated heterocycles. The van der Waals surface area contributed by atoms with Crippen LogP contribution in [0, 0.1) is 5.92 Å². The van der Waals surface area contributed by atoms with Crippen LogP contribution in [-0.4, -0.2) is 54.3 Å². The third-order valence-electron chi connectivity index (χ3n) is 5.72. The van der Waals surface area contributed by atoms with E-state index in [1.807, 2.05) is 12.1 Å². The van der Waals surface area contributed by atoms with E-state index in [1.54, 1.807) is 32.2 Å². The predicted molar refractivity (Wildman–Crippen MR) is 120 cm³/mol. The molecule has 0 saturated carbocycles. The van der Waals surface area contributed by atoms with E-state index >= 15 is 0 Å². The van der Waals surface area contributed by atoms with Crippen LogP contribution >= 0.6 is 0 Å². The van der Waals surface area contributed by atoms with Gasteiger partial charge < -0.3 is 24.9 Å². The molecule has 0 fully saturated rings. The SMILES string of the molecule is COCC(=O)C1=C(C)NC2=N/C(=C\c3ccc(C(=O)O)[nH]3)C(=O)C2C1c1ccc(OC)cc1. The summed E-state index contributed by atoms with van der Waals surface area (Å²) in [5, 5.41) is 12.2. The summed E-state index contributed by atoms with van der Waals surface area (Å²) in [5.41, 5.74) is 2.48. The van der Waals surface area contributed by atoms with Crippen LogP contribution in [0.1, 0.15) is 34.6 Å². The highest BCUT2D eigenvalue weighted by atomic mass is 16.5. The smallest absolute Gasteiger partial charge is 0.352 e. The lowest BCUT2D eigenvalue weighted by molar-refractivity contribution is -0.120. The molecule has 33 heavy (non-hydrogen) atoms. The van der Waals surface area contributed by atoms with E-state index in [4.69, 9.17) is 14.6 Å². The molecule has 170 valence electrons. The fourth-order valence-electron chi connectivity index (χ4n) is 4.25. The molecule has 2 atom stereocenters. The number of allylic oxidation sites excluding steroid dienone is 2. The van der Waals surface area contributed by atoms with E-state index in [-0.39, 0.29) is 29.6 Å². The van der Waals surface area contributed by atoms with Gasteiger partial charge >= 0.3 is 5.97 Å². The zero-order valence-corrected chi connectivity index (χ0v) is 18.3. The second-order valence-corrected chi connectivity index (χ2v) is 7.77. The van der Waals surface area contributed by atoms with E-state index in [9.17, 15) is 14.4 Å². The lowest BCUT2D eigenvalue weighted by Crippen LogP contribution is -2.43. The van der Waals surface area contributed by atoms with Crippen molar-refractivity contribution in [3.05, 3.63) is 70.3 Å². The highest BCUT2D eigenvalue weighted by Gasteiger charge is 2.46. The van der Waals surface area contributed by atoms with Crippen molar-refractivity contribution in [1.29, 1.82) is 0 Å². The number of amidine groups is 1. The lowest BCUT2D eigenvalue weighted by atomic mass is 9.74. The fraction of sp³-hybridized carbons (Fsp3) is 0.250. The number of H-pyrrole nitrogens is 1. The van der Waals surface area contributed by atoms with E-state index < -0.39 is 17.8 Å². The number of aliphatic imine (C=N–C) groups is 1. The van der Waals surface area contributed by atoms with Crippen LogP contribution in [0.2, 0.25) is 0 Å². The molecule has 2 unspecified atom stereocenters. The summed E-state index contributed by atoms with van der Waals surface area (Å²) in [7, 11) is 3.01. The van der Waals surface area contributed by atoms with Crippen LogP contribution in [0.3, 0.4) is 0 Å². The number of hydrogen-bond donors (Lipinski definition) is 3. The minimum absolute atomic E-state index is 0.0107. The molecule has 9 nitrogen and oxygen atoms in total. The maximum atomic E-state index is 13.5. The van der Waals surface area contributed by atoms with Crippen molar-refractivity contribution in [2.45, 2.75) is 12.8 Å². The first kappa shape index (κ1) is 22.2. The zero-order chi connectivity index (χ0) is 23.7. The Kier molecular flexibility index (Phi) is 5.97. The van der Waals surface area contributed by atoms with Crippen molar-refractivity contribution in [3.8, 4) is 5.75 Å². The van der Waals surface area contributed by atoms with E-state index in [0.717, 1.165) is 5.56 Å². The van der Waals surface area contributed by atoms with Gasteiger partial charge in [-0.3, -0.25) is 9.59 Å². The van der Waals surface area contributed by atoms with Gasteiger partial charge in [-0.05, 0) is 42.8 Å². The Bertz CT molecular complexity index is 1220. The van der Waals surface area contributed by atoms with Gasteiger partial charge in [-0.2, -0.15) is 0 Å². The molecule has 0 aliphatic carbocycles. The maximum Gasteiger partial charge on any atom is 0.352 e. The number of aromatic amines is 1. The van der Waals surface area contributed by atoms with Crippen molar-refractivity contribution < 1.29 is 29.0 Å². The zero-order valence-electron chi connectivity index (χ0n) is 18.3. The second kappa shape index (κ2) is 8.87. The Labute approximate surface area is 189 Å². The van der Waals surface area contributed by atoms with Gasteiger partial charge in [0, 0.05) is 30.0 Å². The van der Waals surface area contributed by atoms with Gasteiger partial charge in [0.1, 0.15) is 29.6 Å². The van der Waals surface area contributed by atoms with Gasteiger partial charge in [0.15, 0.2) is 11.6 Å². The van der Waals surface area contributed by atoms with Crippen LogP contribution in [0.15, 0.2) is 58.4 Å². The number of carboxylic acids is 1. The second-order valence-electron chi connectivity index (χ2n) is 7.77. The summed E-state index contributed by atoms with van der Waals surface area (Å²) in [6, 6.07) is 10.2. The molecule has 1 aromatic heterocycles. The first-order valence-corrected chi connectivity index (χ1v) is 10.2. The van der Waals surface area contributed by atoms with Gasteiger partial charge in [-0.25, -0.2) is 9.79 Å². The summed E-state index contributed by atoms with van der Waals surface area (Å²) in [6.07, 6.45) is 1.51. The first-order valence-electron chi connectivity index (χ1n) is 10.2. The number of rotatable bonds is 7. The summed E-state index contributed by atoms with van der Waals surface area (Å²) >= 11 is 0. The van der Waals surface area contributed by atoms with Crippen molar-refractivity contribution >= 4 is 29.4 Å². The van der Waals surface area contributed by atoms with Crippen LogP contribution < -0.4 is 10.1 Å². The van der Waals surface area contributed by atoms with Gasteiger partial charge in [0.25, 0.3) is 0 Å². The number of nitrogens with zero attached hydrogens (tertiary/aromatic N) is 1. The first-order chi connectivity index (χ1) is 15.8. The number of benzene rings is 1. The van der Waals surface area contributed by atoms with Crippen LogP contribution in [-0.2, 0) is 14.3 Å². The molecule has 9 heteroatoms. The topological polar surface area (TPSA) is 130 Å². The number of ether oxygens (including phenoxy) is 2. The summed E-state index contributed by atoms with van der Waals surface area (Å²) < 4.78 is 10.3. The molecule has 2 aliphatic heterocycles. The molecular weight excluding hydrogens is 426 g/mol. The summed E-state index contributed by atoms with van der Waals surface area (Å²) in [4.78, 5) is 44.8. The fourth-order valence-corrected chi connectivity index (χ4v) is 4.25. The van der Waals surface area contributed by atoms with Gasteiger partial charge in [-0.1, -0.05) is 12.1 Å². The standard InChI is InChI=1S/C24H23N3O6/c1-12-19(18(28)11-32-2)20(13-4-7-15(33-3)8-5-13)21-22(29)17(27-23(21)25-12)10-14-6-9-16(26-14)24(30)31/h4-10,20-21,26H,11H2,1-3H3,(H,25,27)(H,30,31)/b17-10-. The lowest BCUT2D eigenvalue weighted by Gasteiger charge is -2.32. The van der Waals surface area contributed by atoms with Gasteiger partial charge in [0.05, 0.1) is 13.0 Å². The molecule has 4 rings (SSSR count). The quantitative estimate of drug-likeness (QED) is 0.554. The molecule has 0 radical (unpaired) electrons. The number of ketones is 2. The average Bonchev–Trinajstić information content (AvgIpc) is 3.38. The molecule has 0 bridgehead atoms. The predicted octanol–water partition coefficient (Wildman–Crippen LogP) is 2.54. The van der Waals surface area contributed by atoms with Crippen LogP contribution in [0.4, 0.5) is 0 Å². The van der Waals surface area contributed by atoms with Crippen LogP contribution in [0.25, 0.3) is 6.08 Å². The molecular formula is C24H23N3O6. The molecule has 2 aromatic rings. The van der Waals surface area contributed by atoms with Crippen molar-refractivity contribution in [2.24, 2.45) is 10.9 Å². The number of carboxylic acid groups (broad SMARTS) is 1. The Balaban J connectivity index is 1.77. The molecule has 0 amide bonds. The number of hydrogen-bond acceptors (Lipinski definition) is 7. The Hall–Kier alpha value is -3.98. The molecule has 0 spiro atoms. The minimum atomic E-state index is -1.10. The number of aromatic nitrogens is 1. The normalized spacial score (nSPS) is 21.0. The van der Waals surface area contributed by atoms with Crippen molar-refractivity contribution in [1.82, 2.24) is 10.3 Å². The Morgan fingerprint density at radius 2 is 1.85 bits per heavy atom. The van der Waals surface area contributed by atoms with Crippen molar-refractivity contribution in [3.63, 3.8) is 0 Å². The van der Waals surface area contributed by atoms with Gasteiger partial charge in [-0.15, -0.1) is 0 Å². The number of methoxy groups -OCH3 is 2. The van der Waals surface area contributed by atoms with Gasteiger partial charge in [0.2, 0.25) is 0 Å². The number of fused-ring (bicyclic) bond motifs is 1. The molecule has 2 aliphatic rings. The molecule has 3 N–H and O–H groups in total. The summed E-state index contributed by atoms with van der Waals surface area (Å²) in [5.74, 6) is -1.76. The number of carbonyl (C=O) groups is 3. The summed E-state index contributed by atoms with van der Waals surface area (Å²) in [6.45, 7) is 1.66. The Morgan fingerprint density at radius 3 is 2.45 bits per heavy atom. The van der Waals surface area contributed by atoms with E-state index in [1.165, 1.54) is 19.3 Å².